The monoisotopic (exact) mass is 321 g/mol. The highest BCUT2D eigenvalue weighted by Gasteiger charge is 2.11. The molecule has 2 heterocycles. The number of aryl methyl sites for hydroxylation is 3. The molecule has 0 atom stereocenters. The van der Waals surface area contributed by atoms with Gasteiger partial charge in [0.25, 0.3) is 0 Å². The largest absolute Gasteiger partial charge is 0.420 e. The van der Waals surface area contributed by atoms with Crippen LogP contribution in [0.5, 0.6) is 0 Å². The Morgan fingerprint density at radius 1 is 1.04 bits per heavy atom. The number of benzene rings is 2. The molecule has 0 aliphatic rings. The van der Waals surface area contributed by atoms with E-state index in [1.807, 2.05) is 49.4 Å². The molecule has 0 saturated carbocycles. The highest BCUT2D eigenvalue weighted by atomic mass is 16.4. The molecule has 0 N–H and O–H groups in total. The molecule has 24 heavy (non-hydrogen) atoms. The lowest BCUT2D eigenvalue weighted by Crippen LogP contribution is -2.18. The minimum absolute atomic E-state index is 0.379. The maximum Gasteiger partial charge on any atom is 0.420 e. The molecule has 7 nitrogen and oxygen atoms in total. The average Bonchev–Trinajstić information content (AvgIpc) is 3.17. The molecule has 0 spiro atoms. The molecule has 4 aromatic rings. The Bertz CT molecular complexity index is 1060. The van der Waals surface area contributed by atoms with Gasteiger partial charge in [-0.05, 0) is 29.8 Å². The van der Waals surface area contributed by atoms with E-state index in [4.69, 9.17) is 4.42 Å². The van der Waals surface area contributed by atoms with Gasteiger partial charge in [-0.2, -0.15) is 4.80 Å². The summed E-state index contributed by atoms with van der Waals surface area (Å²) in [5, 5.41) is 12.6. The fourth-order valence-electron chi connectivity index (χ4n) is 2.68. The van der Waals surface area contributed by atoms with Crippen molar-refractivity contribution in [2.75, 3.05) is 0 Å². The smallest absolute Gasteiger partial charge is 0.408 e. The Morgan fingerprint density at radius 2 is 1.83 bits per heavy atom. The first kappa shape index (κ1) is 14.4. The summed E-state index contributed by atoms with van der Waals surface area (Å²) in [7, 11) is 0. The van der Waals surface area contributed by atoms with Gasteiger partial charge in [0.2, 0.25) is 5.82 Å². The van der Waals surface area contributed by atoms with Crippen molar-refractivity contribution in [3.63, 3.8) is 0 Å². The molecule has 2 aromatic carbocycles. The number of tetrazole rings is 1. The zero-order valence-corrected chi connectivity index (χ0v) is 13.1. The standard InChI is InChI=1S/C17H15N5O2/c1-12-6-2-3-7-13(12)16-18-20-22(19-16)11-10-21-14-8-4-5-9-15(14)24-17(21)23/h2-9H,10-11H2,1H3. The number of para-hydroxylation sites is 2. The van der Waals surface area contributed by atoms with Crippen molar-refractivity contribution in [1.29, 1.82) is 0 Å². The third-order valence-electron chi connectivity index (χ3n) is 3.94. The Morgan fingerprint density at radius 3 is 2.71 bits per heavy atom. The van der Waals surface area contributed by atoms with Crippen LogP contribution in [0.25, 0.3) is 22.5 Å². The van der Waals surface area contributed by atoms with E-state index in [-0.39, 0.29) is 5.76 Å². The topological polar surface area (TPSA) is 78.7 Å². The highest BCUT2D eigenvalue weighted by molar-refractivity contribution is 5.72. The summed E-state index contributed by atoms with van der Waals surface area (Å²) < 4.78 is 6.79. The predicted octanol–water partition coefficient (Wildman–Crippen LogP) is 2.26. The Hall–Kier alpha value is -3.22. The second kappa shape index (κ2) is 5.77. The van der Waals surface area contributed by atoms with Crippen molar-refractivity contribution in [2.24, 2.45) is 0 Å². The Labute approximate surface area is 137 Å². The van der Waals surface area contributed by atoms with Gasteiger partial charge in [-0.25, -0.2) is 4.79 Å². The highest BCUT2D eigenvalue weighted by Crippen LogP contribution is 2.18. The van der Waals surface area contributed by atoms with Crippen LogP contribution in [-0.2, 0) is 13.1 Å². The molecule has 0 aliphatic carbocycles. The Kier molecular flexibility index (Phi) is 3.45. The van der Waals surface area contributed by atoms with Crippen molar-refractivity contribution in [2.45, 2.75) is 20.0 Å². The summed E-state index contributed by atoms with van der Waals surface area (Å²) >= 11 is 0. The van der Waals surface area contributed by atoms with Crippen LogP contribution in [0.2, 0.25) is 0 Å². The van der Waals surface area contributed by atoms with Crippen LogP contribution in [0.4, 0.5) is 0 Å². The molecular formula is C17H15N5O2. The molecule has 4 rings (SSSR count). The first-order valence-corrected chi connectivity index (χ1v) is 7.64. The van der Waals surface area contributed by atoms with Gasteiger partial charge in [0, 0.05) is 5.56 Å². The maximum atomic E-state index is 12.0. The fraction of sp³-hybridized carbons (Fsp3) is 0.176. The second-order valence-corrected chi connectivity index (χ2v) is 5.51. The molecular weight excluding hydrogens is 306 g/mol. The van der Waals surface area contributed by atoms with E-state index in [1.165, 1.54) is 4.80 Å². The van der Waals surface area contributed by atoms with Crippen molar-refractivity contribution >= 4 is 11.1 Å². The van der Waals surface area contributed by atoms with Gasteiger partial charge < -0.3 is 4.42 Å². The van der Waals surface area contributed by atoms with Crippen LogP contribution in [-0.4, -0.2) is 24.8 Å². The number of aromatic nitrogens is 5. The van der Waals surface area contributed by atoms with E-state index in [2.05, 4.69) is 15.4 Å². The van der Waals surface area contributed by atoms with Gasteiger partial charge in [0.05, 0.1) is 18.6 Å². The minimum atomic E-state index is -0.379. The SMILES string of the molecule is Cc1ccccc1-c1nnn(CCn2c(=O)oc3ccccc32)n1. The molecule has 120 valence electrons. The molecule has 0 radical (unpaired) electrons. The quantitative estimate of drug-likeness (QED) is 0.576. The summed E-state index contributed by atoms with van der Waals surface area (Å²) in [6.45, 7) is 2.86. The van der Waals surface area contributed by atoms with E-state index in [1.54, 1.807) is 10.6 Å². The lowest BCUT2D eigenvalue weighted by atomic mass is 10.1. The number of hydrogen-bond acceptors (Lipinski definition) is 5. The van der Waals surface area contributed by atoms with E-state index in [0.29, 0.717) is 24.5 Å². The Balaban J connectivity index is 1.58. The number of oxazole rings is 1. The van der Waals surface area contributed by atoms with Crippen molar-refractivity contribution in [3.05, 3.63) is 64.6 Å². The van der Waals surface area contributed by atoms with E-state index < -0.39 is 0 Å². The van der Waals surface area contributed by atoms with Gasteiger partial charge in [-0.1, -0.05) is 36.4 Å². The van der Waals surface area contributed by atoms with Crippen LogP contribution in [0.3, 0.4) is 0 Å². The lowest BCUT2D eigenvalue weighted by Gasteiger charge is -2.01. The second-order valence-electron chi connectivity index (χ2n) is 5.51. The maximum absolute atomic E-state index is 12.0. The first-order chi connectivity index (χ1) is 11.7. The molecule has 0 bridgehead atoms. The number of hydrogen-bond donors (Lipinski definition) is 0. The van der Waals surface area contributed by atoms with Gasteiger partial charge in [-0.15, -0.1) is 10.2 Å². The normalized spacial score (nSPS) is 11.2. The minimum Gasteiger partial charge on any atom is -0.408 e. The van der Waals surface area contributed by atoms with Gasteiger partial charge in [-0.3, -0.25) is 4.57 Å². The third-order valence-corrected chi connectivity index (χ3v) is 3.94. The number of rotatable bonds is 4. The predicted molar refractivity (Wildman–Crippen MR) is 88.5 cm³/mol. The van der Waals surface area contributed by atoms with Crippen LogP contribution in [0.15, 0.2) is 57.7 Å². The van der Waals surface area contributed by atoms with E-state index in [9.17, 15) is 4.79 Å². The van der Waals surface area contributed by atoms with E-state index in [0.717, 1.165) is 16.6 Å². The van der Waals surface area contributed by atoms with Crippen molar-refractivity contribution in [1.82, 2.24) is 24.8 Å². The van der Waals surface area contributed by atoms with Crippen molar-refractivity contribution in [3.8, 4) is 11.4 Å². The summed E-state index contributed by atoms with van der Waals surface area (Å²) in [5.74, 6) is 0.202. The van der Waals surface area contributed by atoms with Crippen LogP contribution >= 0.6 is 0 Å². The number of fused-ring (bicyclic) bond motifs is 1. The summed E-state index contributed by atoms with van der Waals surface area (Å²) in [6, 6.07) is 15.2. The number of nitrogens with zero attached hydrogens (tertiary/aromatic N) is 5. The van der Waals surface area contributed by atoms with E-state index >= 15 is 0 Å². The summed E-state index contributed by atoms with van der Waals surface area (Å²) in [6.07, 6.45) is 0. The van der Waals surface area contributed by atoms with Gasteiger partial charge in [0.15, 0.2) is 5.58 Å². The molecule has 0 amide bonds. The zero-order chi connectivity index (χ0) is 16.5. The average molecular weight is 321 g/mol. The van der Waals surface area contributed by atoms with Gasteiger partial charge >= 0.3 is 5.76 Å². The summed E-state index contributed by atoms with van der Waals surface area (Å²) in [4.78, 5) is 13.5. The summed E-state index contributed by atoms with van der Waals surface area (Å²) in [5.41, 5.74) is 3.39. The zero-order valence-electron chi connectivity index (χ0n) is 13.1. The van der Waals surface area contributed by atoms with Gasteiger partial charge in [0.1, 0.15) is 0 Å². The first-order valence-electron chi connectivity index (χ1n) is 7.64. The third kappa shape index (κ3) is 2.50. The molecule has 0 unspecified atom stereocenters. The lowest BCUT2D eigenvalue weighted by molar-refractivity contribution is 0.441. The molecule has 0 fully saturated rings. The van der Waals surface area contributed by atoms with Crippen molar-refractivity contribution < 1.29 is 4.42 Å². The van der Waals surface area contributed by atoms with Crippen LogP contribution in [0.1, 0.15) is 5.56 Å². The fourth-order valence-corrected chi connectivity index (χ4v) is 2.68. The molecule has 7 heteroatoms. The molecule has 2 aromatic heterocycles. The van der Waals surface area contributed by atoms with Crippen LogP contribution in [0, 0.1) is 6.92 Å². The van der Waals surface area contributed by atoms with Crippen LogP contribution < -0.4 is 5.76 Å². The molecule has 0 saturated heterocycles. The molecule has 0 aliphatic heterocycles.